The fraction of sp³-hybridized carbons (Fsp3) is 0.467. The van der Waals surface area contributed by atoms with Crippen LogP contribution in [0.25, 0.3) is 0 Å². The van der Waals surface area contributed by atoms with E-state index in [1.54, 1.807) is 0 Å². The van der Waals surface area contributed by atoms with Crippen molar-refractivity contribution in [1.82, 2.24) is 10.1 Å². The normalized spacial score (nSPS) is 22.3. The smallest absolute Gasteiger partial charge is 0.232 e. The highest BCUT2D eigenvalue weighted by Crippen LogP contribution is 2.29. The number of rotatable bonds is 4. The largest absolute Gasteiger partial charge is 0.376 e. The van der Waals surface area contributed by atoms with Crippen LogP contribution < -0.4 is 5.73 Å². The summed E-state index contributed by atoms with van der Waals surface area (Å²) in [5, 5.41) is 4.08. The van der Waals surface area contributed by atoms with Crippen molar-refractivity contribution in [3.05, 3.63) is 47.1 Å². The molecule has 0 spiro atoms. The molecule has 2 N–H and O–H groups in total. The van der Waals surface area contributed by atoms with Gasteiger partial charge in [-0.1, -0.05) is 29.4 Å². The minimum Gasteiger partial charge on any atom is -0.376 e. The van der Waals surface area contributed by atoms with Crippen molar-refractivity contribution >= 4 is 0 Å². The summed E-state index contributed by atoms with van der Waals surface area (Å²) in [6, 6.07) is 8.24. The van der Waals surface area contributed by atoms with Crippen LogP contribution in [0, 0.1) is 6.92 Å². The number of nitrogens with two attached hydrogens (primary N) is 1. The molecule has 0 amide bonds. The van der Waals surface area contributed by atoms with Crippen LogP contribution in [0.3, 0.4) is 0 Å². The van der Waals surface area contributed by atoms with Crippen LogP contribution in [0.2, 0.25) is 0 Å². The highest BCUT2D eigenvalue weighted by molar-refractivity contribution is 5.28. The first-order valence-electron chi connectivity index (χ1n) is 6.96. The second kappa shape index (κ2) is 5.73. The van der Waals surface area contributed by atoms with Gasteiger partial charge in [0.1, 0.15) is 0 Å². The minimum atomic E-state index is 0.00163. The molecule has 5 heteroatoms. The van der Waals surface area contributed by atoms with Crippen molar-refractivity contribution in [2.24, 2.45) is 5.73 Å². The molecule has 2 unspecified atom stereocenters. The van der Waals surface area contributed by atoms with Gasteiger partial charge in [0.2, 0.25) is 5.89 Å². The van der Waals surface area contributed by atoms with Crippen LogP contribution in [0.5, 0.6) is 0 Å². The van der Waals surface area contributed by atoms with Gasteiger partial charge in [0.05, 0.1) is 12.0 Å². The average molecular weight is 273 g/mol. The third kappa shape index (κ3) is 2.59. The van der Waals surface area contributed by atoms with Crippen LogP contribution in [0.1, 0.15) is 35.2 Å². The molecule has 0 bridgehead atoms. The van der Waals surface area contributed by atoms with Crippen LogP contribution in [0.15, 0.2) is 28.8 Å². The SMILES string of the molecule is Cc1ccccc1Cc1noc(C2CCOC2CN)n1. The second-order valence-electron chi connectivity index (χ2n) is 5.19. The average Bonchev–Trinajstić information content (AvgIpc) is 3.09. The molecule has 1 aliphatic heterocycles. The molecular formula is C15H19N3O2. The van der Waals surface area contributed by atoms with Gasteiger partial charge in [-0.3, -0.25) is 0 Å². The van der Waals surface area contributed by atoms with E-state index < -0.39 is 0 Å². The van der Waals surface area contributed by atoms with Crippen LogP contribution in [-0.2, 0) is 11.2 Å². The highest BCUT2D eigenvalue weighted by atomic mass is 16.5. The Morgan fingerprint density at radius 1 is 1.35 bits per heavy atom. The van der Waals surface area contributed by atoms with E-state index in [4.69, 9.17) is 15.0 Å². The molecular weight excluding hydrogens is 254 g/mol. The third-order valence-electron chi connectivity index (χ3n) is 3.85. The Morgan fingerprint density at radius 2 is 2.20 bits per heavy atom. The molecule has 20 heavy (non-hydrogen) atoms. The maximum atomic E-state index is 5.70. The Morgan fingerprint density at radius 3 is 3.00 bits per heavy atom. The Hall–Kier alpha value is -1.72. The van der Waals surface area contributed by atoms with Crippen molar-refractivity contribution in [3.63, 3.8) is 0 Å². The van der Waals surface area contributed by atoms with E-state index >= 15 is 0 Å². The summed E-state index contributed by atoms with van der Waals surface area (Å²) in [6.45, 7) is 3.29. The molecule has 3 rings (SSSR count). The number of nitrogens with zero attached hydrogens (tertiary/aromatic N) is 2. The van der Waals surface area contributed by atoms with Crippen molar-refractivity contribution in [2.45, 2.75) is 31.8 Å². The molecule has 5 nitrogen and oxygen atoms in total. The fourth-order valence-electron chi connectivity index (χ4n) is 2.63. The zero-order valence-electron chi connectivity index (χ0n) is 11.6. The molecule has 2 aromatic rings. The van der Waals surface area contributed by atoms with E-state index in [2.05, 4.69) is 29.2 Å². The van der Waals surface area contributed by atoms with Crippen LogP contribution in [0.4, 0.5) is 0 Å². The molecule has 1 aromatic heterocycles. The van der Waals surface area contributed by atoms with Crippen LogP contribution >= 0.6 is 0 Å². The first kappa shape index (κ1) is 13.3. The standard InChI is InChI=1S/C15H19N3O2/c1-10-4-2-3-5-11(10)8-14-17-15(20-18-14)12-6-7-19-13(12)9-16/h2-5,12-13H,6-9,16H2,1H3. The summed E-state index contributed by atoms with van der Waals surface area (Å²) in [7, 11) is 0. The maximum absolute atomic E-state index is 5.70. The molecule has 2 heterocycles. The van der Waals surface area contributed by atoms with Crippen LogP contribution in [-0.4, -0.2) is 29.4 Å². The van der Waals surface area contributed by atoms with E-state index in [0.29, 0.717) is 25.5 Å². The third-order valence-corrected chi connectivity index (χ3v) is 3.85. The number of benzene rings is 1. The number of aryl methyl sites for hydroxylation is 1. The van der Waals surface area contributed by atoms with Gasteiger partial charge in [-0.15, -0.1) is 0 Å². The van der Waals surface area contributed by atoms with Gasteiger partial charge in [0.25, 0.3) is 0 Å². The van der Waals surface area contributed by atoms with Gasteiger partial charge in [-0.2, -0.15) is 4.98 Å². The first-order valence-corrected chi connectivity index (χ1v) is 6.96. The predicted molar refractivity (Wildman–Crippen MR) is 74.4 cm³/mol. The summed E-state index contributed by atoms with van der Waals surface area (Å²) < 4.78 is 11.0. The van der Waals surface area contributed by atoms with E-state index in [-0.39, 0.29) is 12.0 Å². The summed E-state index contributed by atoms with van der Waals surface area (Å²) >= 11 is 0. The number of hydrogen-bond donors (Lipinski definition) is 1. The molecule has 0 saturated carbocycles. The summed E-state index contributed by atoms with van der Waals surface area (Å²) in [5.41, 5.74) is 8.16. The molecule has 1 aromatic carbocycles. The van der Waals surface area contributed by atoms with Gasteiger partial charge in [-0.25, -0.2) is 0 Å². The van der Waals surface area contributed by atoms with Crippen molar-refractivity contribution < 1.29 is 9.26 Å². The Kier molecular flexibility index (Phi) is 3.80. The summed E-state index contributed by atoms with van der Waals surface area (Å²) in [5.74, 6) is 1.51. The van der Waals surface area contributed by atoms with Gasteiger partial charge in [0.15, 0.2) is 5.82 Å². The van der Waals surface area contributed by atoms with E-state index in [1.165, 1.54) is 11.1 Å². The molecule has 106 valence electrons. The van der Waals surface area contributed by atoms with E-state index in [9.17, 15) is 0 Å². The van der Waals surface area contributed by atoms with E-state index in [0.717, 1.165) is 12.2 Å². The Bertz CT molecular complexity index is 582. The summed E-state index contributed by atoms with van der Waals surface area (Å²) in [6.07, 6.45) is 1.59. The monoisotopic (exact) mass is 273 g/mol. The fourth-order valence-corrected chi connectivity index (χ4v) is 2.63. The molecule has 1 fully saturated rings. The predicted octanol–water partition coefficient (Wildman–Crippen LogP) is 1.80. The Labute approximate surface area is 118 Å². The maximum Gasteiger partial charge on any atom is 0.232 e. The zero-order chi connectivity index (χ0) is 13.9. The van der Waals surface area contributed by atoms with Gasteiger partial charge in [0, 0.05) is 19.6 Å². The van der Waals surface area contributed by atoms with Crippen molar-refractivity contribution in [2.75, 3.05) is 13.2 Å². The lowest BCUT2D eigenvalue weighted by atomic mass is 10.0. The first-order chi connectivity index (χ1) is 9.78. The van der Waals surface area contributed by atoms with E-state index in [1.807, 2.05) is 12.1 Å². The lowest BCUT2D eigenvalue weighted by molar-refractivity contribution is 0.105. The van der Waals surface area contributed by atoms with Crippen molar-refractivity contribution in [1.29, 1.82) is 0 Å². The number of hydrogen-bond acceptors (Lipinski definition) is 5. The Balaban J connectivity index is 1.76. The second-order valence-corrected chi connectivity index (χ2v) is 5.19. The minimum absolute atomic E-state index is 0.00163. The summed E-state index contributed by atoms with van der Waals surface area (Å²) in [4.78, 5) is 4.51. The molecule has 0 aliphatic carbocycles. The quantitative estimate of drug-likeness (QED) is 0.919. The van der Waals surface area contributed by atoms with Gasteiger partial charge < -0.3 is 15.0 Å². The molecule has 0 radical (unpaired) electrons. The van der Waals surface area contributed by atoms with Crippen molar-refractivity contribution in [3.8, 4) is 0 Å². The number of aromatic nitrogens is 2. The lowest BCUT2D eigenvalue weighted by Crippen LogP contribution is -2.24. The highest BCUT2D eigenvalue weighted by Gasteiger charge is 2.32. The zero-order valence-corrected chi connectivity index (χ0v) is 11.6. The van der Waals surface area contributed by atoms with Gasteiger partial charge >= 0.3 is 0 Å². The number of ether oxygens (including phenoxy) is 1. The van der Waals surface area contributed by atoms with Gasteiger partial charge in [-0.05, 0) is 24.5 Å². The molecule has 2 atom stereocenters. The molecule has 1 saturated heterocycles. The topological polar surface area (TPSA) is 74.2 Å². The molecule has 1 aliphatic rings. The lowest BCUT2D eigenvalue weighted by Gasteiger charge is -2.11.